The molecule has 0 N–H and O–H groups in total. The van der Waals surface area contributed by atoms with Crippen LogP contribution in [0.3, 0.4) is 0 Å². The predicted octanol–water partition coefficient (Wildman–Crippen LogP) is 1.16. The van der Waals surface area contributed by atoms with Crippen LogP contribution in [-0.2, 0) is 4.79 Å². The van der Waals surface area contributed by atoms with Crippen LogP contribution in [0.5, 0.6) is 0 Å². The number of carbonyl (C=O) groups excluding carboxylic acids is 1. The van der Waals surface area contributed by atoms with Gasteiger partial charge in [-0.2, -0.15) is 5.26 Å². The lowest BCUT2D eigenvalue weighted by atomic mass is 10.1. The molecule has 0 aromatic rings. The predicted molar refractivity (Wildman–Crippen MR) is 45.2 cm³/mol. The lowest BCUT2D eigenvalue weighted by Gasteiger charge is -2.20. The van der Waals surface area contributed by atoms with Crippen molar-refractivity contribution in [3.05, 3.63) is 0 Å². The van der Waals surface area contributed by atoms with Crippen LogP contribution < -0.4 is 0 Å². The normalized spacial score (nSPS) is 28.6. The van der Waals surface area contributed by atoms with E-state index in [9.17, 15) is 4.79 Å². The molecule has 1 aliphatic heterocycles. The van der Waals surface area contributed by atoms with Crippen LogP contribution in [0.25, 0.3) is 0 Å². The van der Waals surface area contributed by atoms with Crippen LogP contribution in [0, 0.1) is 17.2 Å². The molecule has 0 aromatic heterocycles. The molecule has 1 aliphatic rings. The first kappa shape index (κ1) is 9.05. The van der Waals surface area contributed by atoms with E-state index in [4.69, 9.17) is 5.26 Å². The van der Waals surface area contributed by atoms with Crippen LogP contribution in [0.4, 0.5) is 0 Å². The van der Waals surface area contributed by atoms with Crippen molar-refractivity contribution < 1.29 is 4.79 Å². The van der Waals surface area contributed by atoms with Gasteiger partial charge >= 0.3 is 0 Å². The molecule has 3 heteroatoms. The molecule has 0 spiro atoms. The van der Waals surface area contributed by atoms with Gasteiger partial charge in [0.15, 0.2) is 0 Å². The van der Waals surface area contributed by atoms with Crippen molar-refractivity contribution in [2.45, 2.75) is 32.7 Å². The average molecular weight is 166 g/mol. The monoisotopic (exact) mass is 166 g/mol. The van der Waals surface area contributed by atoms with Crippen molar-refractivity contribution >= 4 is 5.91 Å². The second-order valence-electron chi connectivity index (χ2n) is 3.53. The fourth-order valence-corrected chi connectivity index (χ4v) is 1.84. The molecule has 1 rings (SSSR count). The van der Waals surface area contributed by atoms with Crippen LogP contribution >= 0.6 is 0 Å². The standard InChI is InChI=1S/C9H14N2O/c1-7-5-9(3-4-10)11(6-7)8(2)12/h7,9H,3,5-6H2,1-2H3. The van der Waals surface area contributed by atoms with Crippen molar-refractivity contribution in [3.8, 4) is 6.07 Å². The van der Waals surface area contributed by atoms with Gasteiger partial charge < -0.3 is 4.90 Å². The minimum atomic E-state index is 0.0969. The van der Waals surface area contributed by atoms with Gasteiger partial charge in [0.05, 0.1) is 12.5 Å². The third-order valence-electron chi connectivity index (χ3n) is 2.35. The molecule has 0 bridgehead atoms. The molecule has 1 amide bonds. The number of carbonyl (C=O) groups is 1. The second-order valence-corrected chi connectivity index (χ2v) is 3.53. The molecular weight excluding hydrogens is 152 g/mol. The topological polar surface area (TPSA) is 44.1 Å². The van der Waals surface area contributed by atoms with Crippen molar-refractivity contribution in [3.63, 3.8) is 0 Å². The Morgan fingerprint density at radius 3 is 2.92 bits per heavy atom. The lowest BCUT2D eigenvalue weighted by Crippen LogP contribution is -2.33. The largest absolute Gasteiger partial charge is 0.339 e. The number of rotatable bonds is 1. The Hall–Kier alpha value is -1.04. The van der Waals surface area contributed by atoms with Crippen LogP contribution in [0.15, 0.2) is 0 Å². The van der Waals surface area contributed by atoms with E-state index in [1.54, 1.807) is 6.92 Å². The first-order valence-corrected chi connectivity index (χ1v) is 4.29. The highest BCUT2D eigenvalue weighted by molar-refractivity contribution is 5.74. The molecule has 12 heavy (non-hydrogen) atoms. The summed E-state index contributed by atoms with van der Waals surface area (Å²) in [6.45, 7) is 4.51. The quantitative estimate of drug-likeness (QED) is 0.586. The van der Waals surface area contributed by atoms with E-state index in [0.29, 0.717) is 12.3 Å². The summed E-state index contributed by atoms with van der Waals surface area (Å²) >= 11 is 0. The Morgan fingerprint density at radius 2 is 2.42 bits per heavy atom. The number of amides is 1. The molecule has 0 aliphatic carbocycles. The minimum absolute atomic E-state index is 0.0969. The summed E-state index contributed by atoms with van der Waals surface area (Å²) in [5.74, 6) is 0.645. The van der Waals surface area contributed by atoms with E-state index < -0.39 is 0 Å². The zero-order valence-electron chi connectivity index (χ0n) is 7.58. The van der Waals surface area contributed by atoms with Gasteiger partial charge in [0.25, 0.3) is 0 Å². The lowest BCUT2D eigenvalue weighted by molar-refractivity contribution is -0.129. The van der Waals surface area contributed by atoms with E-state index in [0.717, 1.165) is 13.0 Å². The molecule has 1 fully saturated rings. The van der Waals surface area contributed by atoms with Crippen molar-refractivity contribution in [1.82, 2.24) is 4.90 Å². The summed E-state index contributed by atoms with van der Waals surface area (Å²) in [6.07, 6.45) is 1.46. The Bertz CT molecular complexity index is 219. The zero-order chi connectivity index (χ0) is 9.14. The number of likely N-dealkylation sites (tertiary alicyclic amines) is 1. The van der Waals surface area contributed by atoms with Gasteiger partial charge in [0, 0.05) is 19.5 Å². The van der Waals surface area contributed by atoms with Crippen molar-refractivity contribution in [2.24, 2.45) is 5.92 Å². The van der Waals surface area contributed by atoms with E-state index in [2.05, 4.69) is 13.0 Å². The van der Waals surface area contributed by atoms with Gasteiger partial charge in [-0.25, -0.2) is 0 Å². The summed E-state index contributed by atoms with van der Waals surface area (Å²) in [4.78, 5) is 12.9. The molecule has 1 heterocycles. The van der Waals surface area contributed by atoms with Crippen LogP contribution in [0.1, 0.15) is 26.7 Å². The highest BCUT2D eigenvalue weighted by Gasteiger charge is 2.30. The summed E-state index contributed by atoms with van der Waals surface area (Å²) in [6, 6.07) is 2.29. The fraction of sp³-hybridized carbons (Fsp3) is 0.778. The van der Waals surface area contributed by atoms with E-state index in [1.807, 2.05) is 4.90 Å². The summed E-state index contributed by atoms with van der Waals surface area (Å²) in [7, 11) is 0. The summed E-state index contributed by atoms with van der Waals surface area (Å²) in [5, 5.41) is 8.52. The summed E-state index contributed by atoms with van der Waals surface area (Å²) < 4.78 is 0. The summed E-state index contributed by atoms with van der Waals surface area (Å²) in [5.41, 5.74) is 0. The van der Waals surface area contributed by atoms with Gasteiger partial charge in [0.1, 0.15) is 0 Å². The van der Waals surface area contributed by atoms with Crippen molar-refractivity contribution in [2.75, 3.05) is 6.54 Å². The third kappa shape index (κ3) is 1.76. The smallest absolute Gasteiger partial charge is 0.219 e. The molecule has 0 saturated carbocycles. The fourth-order valence-electron chi connectivity index (χ4n) is 1.84. The molecule has 0 aromatic carbocycles. The highest BCUT2D eigenvalue weighted by Crippen LogP contribution is 2.24. The molecule has 1 saturated heterocycles. The maximum Gasteiger partial charge on any atom is 0.219 e. The van der Waals surface area contributed by atoms with Gasteiger partial charge in [0.2, 0.25) is 5.91 Å². The maximum atomic E-state index is 11.1. The maximum absolute atomic E-state index is 11.1. The van der Waals surface area contributed by atoms with Crippen LogP contribution in [-0.4, -0.2) is 23.4 Å². The van der Waals surface area contributed by atoms with Crippen molar-refractivity contribution in [1.29, 1.82) is 5.26 Å². The highest BCUT2D eigenvalue weighted by atomic mass is 16.2. The van der Waals surface area contributed by atoms with E-state index in [1.165, 1.54) is 0 Å². The molecule has 3 nitrogen and oxygen atoms in total. The Labute approximate surface area is 73.0 Å². The molecule has 66 valence electrons. The number of hydrogen-bond donors (Lipinski definition) is 0. The minimum Gasteiger partial charge on any atom is -0.339 e. The van der Waals surface area contributed by atoms with Crippen LogP contribution in [0.2, 0.25) is 0 Å². The zero-order valence-corrected chi connectivity index (χ0v) is 7.58. The second kappa shape index (κ2) is 3.57. The first-order chi connectivity index (χ1) is 5.65. The Kier molecular flexibility index (Phi) is 2.69. The number of hydrogen-bond acceptors (Lipinski definition) is 2. The molecule has 0 radical (unpaired) electrons. The van der Waals surface area contributed by atoms with Gasteiger partial charge in [-0.1, -0.05) is 6.92 Å². The SMILES string of the molecule is CC(=O)N1CC(C)CC1CC#N. The van der Waals surface area contributed by atoms with Gasteiger partial charge in [-0.3, -0.25) is 4.79 Å². The number of nitrogens with zero attached hydrogens (tertiary/aromatic N) is 2. The molecule has 2 atom stereocenters. The number of nitriles is 1. The van der Waals surface area contributed by atoms with Gasteiger partial charge in [-0.05, 0) is 12.3 Å². The van der Waals surface area contributed by atoms with Gasteiger partial charge in [-0.15, -0.1) is 0 Å². The first-order valence-electron chi connectivity index (χ1n) is 4.29. The van der Waals surface area contributed by atoms with E-state index >= 15 is 0 Å². The molecule has 2 unspecified atom stereocenters. The molecular formula is C9H14N2O. The van der Waals surface area contributed by atoms with E-state index in [-0.39, 0.29) is 11.9 Å². The Morgan fingerprint density at radius 1 is 1.75 bits per heavy atom. The third-order valence-corrected chi connectivity index (χ3v) is 2.35. The average Bonchev–Trinajstić information content (AvgIpc) is 2.32. The Balaban J connectivity index is 2.60.